The zero-order valence-corrected chi connectivity index (χ0v) is 14.0. The van der Waals surface area contributed by atoms with Gasteiger partial charge in [0.15, 0.2) is 5.13 Å². The van der Waals surface area contributed by atoms with Crippen LogP contribution in [0, 0.1) is 12.8 Å². The van der Waals surface area contributed by atoms with Crippen LogP contribution in [0.15, 0.2) is 12.1 Å². The topological polar surface area (TPSA) is 42.0 Å². The van der Waals surface area contributed by atoms with Gasteiger partial charge in [0, 0.05) is 0 Å². The quantitative estimate of drug-likeness (QED) is 0.811. The number of thiazole rings is 1. The molecule has 1 atom stereocenters. The maximum Gasteiger partial charge on any atom is 0.240 e. The lowest BCUT2D eigenvalue weighted by atomic mass is 10.1. The molecule has 2 aromatic rings. The molecule has 0 bridgehead atoms. The molecule has 6 heteroatoms. The van der Waals surface area contributed by atoms with Crippen molar-refractivity contribution in [1.82, 2.24) is 4.98 Å². The number of benzene rings is 1. The first-order valence-electron chi connectivity index (χ1n) is 5.90. The highest BCUT2D eigenvalue weighted by Gasteiger charge is 2.20. The summed E-state index contributed by atoms with van der Waals surface area (Å²) in [6.45, 7) is 5.95. The van der Waals surface area contributed by atoms with Crippen LogP contribution in [0.4, 0.5) is 5.13 Å². The van der Waals surface area contributed by atoms with Gasteiger partial charge in [-0.15, -0.1) is 0 Å². The van der Waals surface area contributed by atoms with E-state index in [0.29, 0.717) is 10.2 Å². The Labute approximate surface area is 129 Å². The van der Waals surface area contributed by atoms with Crippen LogP contribution < -0.4 is 5.32 Å². The van der Waals surface area contributed by atoms with Gasteiger partial charge in [-0.05, 0) is 30.5 Å². The zero-order chi connectivity index (χ0) is 14.2. The zero-order valence-electron chi connectivity index (χ0n) is 10.8. The van der Waals surface area contributed by atoms with Crippen LogP contribution in [0.3, 0.4) is 0 Å². The Morgan fingerprint density at radius 3 is 2.79 bits per heavy atom. The van der Waals surface area contributed by atoms with Crippen molar-refractivity contribution in [1.29, 1.82) is 0 Å². The number of rotatable bonds is 3. The van der Waals surface area contributed by atoms with Crippen LogP contribution in [0.25, 0.3) is 10.2 Å². The van der Waals surface area contributed by atoms with Crippen molar-refractivity contribution in [3.05, 3.63) is 22.7 Å². The van der Waals surface area contributed by atoms with Crippen LogP contribution in [-0.2, 0) is 4.79 Å². The number of nitrogens with zero attached hydrogens (tertiary/aromatic N) is 1. The molecule has 0 spiro atoms. The number of alkyl halides is 1. The molecule has 1 amide bonds. The van der Waals surface area contributed by atoms with Crippen LogP contribution in [0.5, 0.6) is 0 Å². The highest BCUT2D eigenvalue weighted by atomic mass is 79.9. The number of nitrogens with one attached hydrogen (secondary N) is 1. The third-order valence-electron chi connectivity index (χ3n) is 2.66. The molecule has 0 aliphatic carbocycles. The molecule has 102 valence electrons. The van der Waals surface area contributed by atoms with Crippen molar-refractivity contribution < 1.29 is 4.79 Å². The number of carbonyl (C=O) groups excluding carboxylic acids is 1. The van der Waals surface area contributed by atoms with Crippen molar-refractivity contribution >= 4 is 60.1 Å². The third kappa shape index (κ3) is 3.27. The van der Waals surface area contributed by atoms with Crippen molar-refractivity contribution in [3.63, 3.8) is 0 Å². The molecular formula is C13H14BrClN2OS. The molecule has 0 aliphatic heterocycles. The molecular weight excluding hydrogens is 348 g/mol. The predicted molar refractivity (Wildman–Crippen MR) is 85.5 cm³/mol. The molecule has 1 aromatic heterocycles. The first-order chi connectivity index (χ1) is 8.88. The van der Waals surface area contributed by atoms with Gasteiger partial charge in [-0.2, -0.15) is 0 Å². The van der Waals surface area contributed by atoms with Crippen LogP contribution >= 0.6 is 38.9 Å². The average molecular weight is 362 g/mol. The highest BCUT2D eigenvalue weighted by Crippen LogP contribution is 2.32. The Kier molecular flexibility index (Phi) is 4.48. The second-order valence-electron chi connectivity index (χ2n) is 4.75. The summed E-state index contributed by atoms with van der Waals surface area (Å²) in [4.78, 5) is 16.1. The van der Waals surface area contributed by atoms with Gasteiger partial charge in [-0.1, -0.05) is 52.7 Å². The van der Waals surface area contributed by atoms with Gasteiger partial charge in [0.05, 0.1) is 14.5 Å². The fourth-order valence-corrected chi connectivity index (χ4v) is 3.13. The summed E-state index contributed by atoms with van der Waals surface area (Å²) in [5, 5.41) is 4.02. The molecule has 3 nitrogen and oxygen atoms in total. The lowest BCUT2D eigenvalue weighted by molar-refractivity contribution is -0.116. The highest BCUT2D eigenvalue weighted by molar-refractivity contribution is 9.10. The number of fused-ring (bicyclic) bond motifs is 1. The SMILES string of the molecule is Cc1cc(Cl)c2nc(NC(=O)C(Br)C(C)C)sc2c1. The Bertz CT molecular complexity index is 626. The molecule has 1 heterocycles. The molecule has 0 saturated carbocycles. The second kappa shape index (κ2) is 5.77. The summed E-state index contributed by atoms with van der Waals surface area (Å²) >= 11 is 11.0. The number of hydrogen-bond donors (Lipinski definition) is 1. The van der Waals surface area contributed by atoms with Gasteiger partial charge in [-0.3, -0.25) is 4.79 Å². The monoisotopic (exact) mass is 360 g/mol. The Balaban J connectivity index is 2.27. The minimum absolute atomic E-state index is 0.0816. The second-order valence-corrected chi connectivity index (χ2v) is 7.17. The standard InChI is InChI=1S/C13H14BrClN2OS/c1-6(2)10(14)12(18)17-13-16-11-8(15)4-7(3)5-9(11)19-13/h4-6,10H,1-3H3,(H,16,17,18). The van der Waals surface area contributed by atoms with Gasteiger partial charge in [0.2, 0.25) is 5.91 Å². The molecule has 0 saturated heterocycles. The smallest absolute Gasteiger partial charge is 0.240 e. The molecule has 2 rings (SSSR count). The fraction of sp³-hybridized carbons (Fsp3) is 0.385. The van der Waals surface area contributed by atoms with Crippen molar-refractivity contribution in [2.24, 2.45) is 5.92 Å². The predicted octanol–water partition coefficient (Wildman–Crippen LogP) is 4.62. The van der Waals surface area contributed by atoms with Crippen LogP contribution in [0.2, 0.25) is 5.02 Å². The number of hydrogen-bond acceptors (Lipinski definition) is 3. The van der Waals surface area contributed by atoms with Crippen molar-refractivity contribution in [2.75, 3.05) is 5.32 Å². The fourth-order valence-electron chi connectivity index (χ4n) is 1.65. The Hall–Kier alpha value is -0.650. The van der Waals surface area contributed by atoms with Crippen molar-refractivity contribution in [2.45, 2.75) is 25.6 Å². The van der Waals surface area contributed by atoms with Crippen molar-refractivity contribution in [3.8, 4) is 0 Å². The van der Waals surface area contributed by atoms with E-state index in [2.05, 4.69) is 26.2 Å². The van der Waals surface area contributed by atoms with E-state index >= 15 is 0 Å². The molecule has 0 aliphatic rings. The minimum Gasteiger partial charge on any atom is -0.301 e. The number of anilines is 1. The van der Waals surface area contributed by atoms with Crippen LogP contribution in [0.1, 0.15) is 19.4 Å². The normalized spacial score (nSPS) is 12.9. The molecule has 0 radical (unpaired) electrons. The summed E-state index contributed by atoms with van der Waals surface area (Å²) in [7, 11) is 0. The maximum absolute atomic E-state index is 12.0. The largest absolute Gasteiger partial charge is 0.301 e. The summed E-state index contributed by atoms with van der Waals surface area (Å²) in [6.07, 6.45) is 0. The van der Waals surface area contributed by atoms with E-state index in [1.807, 2.05) is 32.9 Å². The third-order valence-corrected chi connectivity index (χ3v) is 5.34. The van der Waals surface area contributed by atoms with E-state index in [-0.39, 0.29) is 16.7 Å². The first kappa shape index (κ1) is 14.8. The first-order valence-corrected chi connectivity index (χ1v) is 8.01. The van der Waals surface area contributed by atoms with Crippen LogP contribution in [-0.4, -0.2) is 15.7 Å². The van der Waals surface area contributed by atoms with Gasteiger partial charge in [0.1, 0.15) is 5.52 Å². The number of aromatic nitrogens is 1. The summed E-state index contributed by atoms with van der Waals surface area (Å²) in [5.74, 6) is 0.141. The molecule has 1 N–H and O–H groups in total. The van der Waals surface area contributed by atoms with E-state index in [1.165, 1.54) is 11.3 Å². The number of aryl methyl sites for hydroxylation is 1. The van der Waals surface area contributed by atoms with Gasteiger partial charge in [0.25, 0.3) is 0 Å². The van der Waals surface area contributed by atoms with Gasteiger partial charge in [-0.25, -0.2) is 4.98 Å². The summed E-state index contributed by atoms with van der Waals surface area (Å²) < 4.78 is 0.982. The molecule has 19 heavy (non-hydrogen) atoms. The maximum atomic E-state index is 12.0. The van der Waals surface area contributed by atoms with E-state index in [9.17, 15) is 4.79 Å². The number of amides is 1. The molecule has 1 unspecified atom stereocenters. The Morgan fingerprint density at radius 2 is 2.16 bits per heavy atom. The van der Waals surface area contributed by atoms with E-state index < -0.39 is 0 Å². The Morgan fingerprint density at radius 1 is 1.47 bits per heavy atom. The molecule has 1 aromatic carbocycles. The lowest BCUT2D eigenvalue weighted by Gasteiger charge is -2.11. The van der Waals surface area contributed by atoms with Gasteiger partial charge >= 0.3 is 0 Å². The van der Waals surface area contributed by atoms with E-state index in [1.54, 1.807) is 0 Å². The molecule has 0 fully saturated rings. The minimum atomic E-state index is -0.225. The summed E-state index contributed by atoms with van der Waals surface area (Å²) in [5.41, 5.74) is 1.82. The lowest BCUT2D eigenvalue weighted by Crippen LogP contribution is -2.26. The van der Waals surface area contributed by atoms with E-state index in [4.69, 9.17) is 11.6 Å². The number of carbonyl (C=O) groups is 1. The van der Waals surface area contributed by atoms with E-state index in [0.717, 1.165) is 15.8 Å². The average Bonchev–Trinajstić information content (AvgIpc) is 2.70. The van der Waals surface area contributed by atoms with Gasteiger partial charge < -0.3 is 5.32 Å². The number of halogens is 2. The summed E-state index contributed by atoms with van der Waals surface area (Å²) in [6, 6.07) is 3.89.